The van der Waals surface area contributed by atoms with Crippen LogP contribution in [0.5, 0.6) is 0 Å². The minimum absolute atomic E-state index is 0.0104. The van der Waals surface area contributed by atoms with Gasteiger partial charge in [0.05, 0.1) is 5.92 Å². The van der Waals surface area contributed by atoms with E-state index in [1.165, 1.54) is 18.9 Å². The van der Waals surface area contributed by atoms with Crippen molar-refractivity contribution in [2.75, 3.05) is 0 Å². The molecule has 1 aliphatic carbocycles. The van der Waals surface area contributed by atoms with E-state index in [9.17, 15) is 9.18 Å². The molecule has 0 saturated heterocycles. The molecule has 2 aromatic rings. The Labute approximate surface area is 136 Å². The molecule has 0 spiro atoms. The van der Waals surface area contributed by atoms with E-state index in [4.69, 9.17) is 0 Å². The van der Waals surface area contributed by atoms with Gasteiger partial charge in [0.2, 0.25) is 5.91 Å². The molecule has 0 aromatic heterocycles. The fourth-order valence-electron chi connectivity index (χ4n) is 3.20. The molecule has 3 heteroatoms. The highest BCUT2D eigenvalue weighted by Crippen LogP contribution is 2.27. The topological polar surface area (TPSA) is 29.1 Å². The van der Waals surface area contributed by atoms with Crippen LogP contribution in [0.2, 0.25) is 0 Å². The summed E-state index contributed by atoms with van der Waals surface area (Å²) in [5, 5.41) is 3.08. The molecule has 1 amide bonds. The minimum atomic E-state index is -0.338. The highest BCUT2D eigenvalue weighted by Gasteiger charge is 2.22. The first-order valence-electron chi connectivity index (χ1n) is 8.30. The van der Waals surface area contributed by atoms with Crippen LogP contribution in [0.25, 0.3) is 11.1 Å². The largest absolute Gasteiger partial charge is 0.353 e. The van der Waals surface area contributed by atoms with Crippen molar-refractivity contribution in [2.24, 2.45) is 0 Å². The quantitative estimate of drug-likeness (QED) is 0.874. The van der Waals surface area contributed by atoms with E-state index in [2.05, 4.69) is 5.32 Å². The molecule has 1 aliphatic rings. The number of hydrogen-bond acceptors (Lipinski definition) is 1. The van der Waals surface area contributed by atoms with Crippen LogP contribution in [0.3, 0.4) is 0 Å². The first-order chi connectivity index (χ1) is 11.1. The number of carbonyl (C=O) groups excluding carboxylic acids is 1. The van der Waals surface area contributed by atoms with E-state index in [1.807, 2.05) is 43.3 Å². The van der Waals surface area contributed by atoms with Crippen molar-refractivity contribution in [1.29, 1.82) is 0 Å². The second-order valence-corrected chi connectivity index (χ2v) is 6.32. The van der Waals surface area contributed by atoms with Crippen LogP contribution in [0.1, 0.15) is 44.1 Å². The van der Waals surface area contributed by atoms with Crippen LogP contribution < -0.4 is 5.32 Å². The van der Waals surface area contributed by atoms with Crippen LogP contribution in [0.15, 0.2) is 48.5 Å². The van der Waals surface area contributed by atoms with Gasteiger partial charge in [-0.2, -0.15) is 0 Å². The fourth-order valence-corrected chi connectivity index (χ4v) is 3.20. The predicted molar refractivity (Wildman–Crippen MR) is 90.6 cm³/mol. The van der Waals surface area contributed by atoms with Gasteiger partial charge in [-0.3, -0.25) is 4.79 Å². The van der Waals surface area contributed by atoms with E-state index in [1.54, 1.807) is 6.07 Å². The maximum Gasteiger partial charge on any atom is 0.227 e. The lowest BCUT2D eigenvalue weighted by molar-refractivity contribution is -0.122. The second kappa shape index (κ2) is 6.95. The molecule has 0 radical (unpaired) electrons. The first kappa shape index (κ1) is 15.7. The number of benzene rings is 2. The molecule has 1 saturated carbocycles. The lowest BCUT2D eigenvalue weighted by atomic mass is 9.96. The number of amides is 1. The molecule has 1 atom stereocenters. The molecule has 3 rings (SSSR count). The average Bonchev–Trinajstić information content (AvgIpc) is 3.07. The molecule has 2 nitrogen and oxygen atoms in total. The van der Waals surface area contributed by atoms with Gasteiger partial charge >= 0.3 is 0 Å². The standard InChI is InChI=1S/C20H22FNO/c1-14(20(23)22-17-9-5-6-10-17)16-11-12-18(19(21)13-16)15-7-3-2-4-8-15/h2-4,7-8,11-14,17H,5-6,9-10H2,1H3,(H,22,23). The van der Waals surface area contributed by atoms with Gasteiger partial charge in [-0.05, 0) is 37.0 Å². The van der Waals surface area contributed by atoms with Crippen molar-refractivity contribution >= 4 is 5.91 Å². The predicted octanol–water partition coefficient (Wildman–Crippen LogP) is 4.66. The van der Waals surface area contributed by atoms with Gasteiger partial charge in [-0.25, -0.2) is 4.39 Å². The normalized spacial score (nSPS) is 16.3. The summed E-state index contributed by atoms with van der Waals surface area (Å²) in [4.78, 5) is 12.3. The molecule has 1 N–H and O–H groups in total. The van der Waals surface area contributed by atoms with Gasteiger partial charge < -0.3 is 5.32 Å². The van der Waals surface area contributed by atoms with Gasteiger partial charge in [0.1, 0.15) is 5.82 Å². The van der Waals surface area contributed by atoms with Crippen molar-refractivity contribution in [1.82, 2.24) is 5.32 Å². The fraction of sp³-hybridized carbons (Fsp3) is 0.350. The van der Waals surface area contributed by atoms with E-state index in [0.29, 0.717) is 11.6 Å². The Kier molecular flexibility index (Phi) is 4.75. The third-order valence-electron chi connectivity index (χ3n) is 4.67. The molecule has 120 valence electrons. The summed E-state index contributed by atoms with van der Waals surface area (Å²) >= 11 is 0. The first-order valence-corrected chi connectivity index (χ1v) is 8.30. The maximum absolute atomic E-state index is 14.4. The lowest BCUT2D eigenvalue weighted by Gasteiger charge is -2.17. The van der Waals surface area contributed by atoms with Crippen LogP contribution >= 0.6 is 0 Å². The number of nitrogens with one attached hydrogen (secondary N) is 1. The Balaban J connectivity index is 1.75. The van der Waals surface area contributed by atoms with E-state index in [-0.39, 0.29) is 17.6 Å². The number of carbonyl (C=O) groups is 1. The molecular weight excluding hydrogens is 289 g/mol. The molecule has 0 bridgehead atoms. The third kappa shape index (κ3) is 3.61. The third-order valence-corrected chi connectivity index (χ3v) is 4.67. The smallest absolute Gasteiger partial charge is 0.227 e. The molecule has 23 heavy (non-hydrogen) atoms. The monoisotopic (exact) mass is 311 g/mol. The molecular formula is C20H22FNO. The molecule has 1 unspecified atom stereocenters. The number of rotatable bonds is 4. The summed E-state index contributed by atoms with van der Waals surface area (Å²) < 4.78 is 14.4. The Morgan fingerprint density at radius 1 is 1.13 bits per heavy atom. The summed E-state index contributed by atoms with van der Waals surface area (Å²) in [6.45, 7) is 1.83. The van der Waals surface area contributed by atoms with Crippen molar-refractivity contribution in [3.05, 3.63) is 59.9 Å². The van der Waals surface area contributed by atoms with E-state index < -0.39 is 0 Å². The van der Waals surface area contributed by atoms with Crippen LogP contribution in [-0.2, 0) is 4.79 Å². The Hall–Kier alpha value is -2.16. The summed E-state index contributed by atoms with van der Waals surface area (Å²) in [5.41, 5.74) is 2.13. The molecule has 0 heterocycles. The van der Waals surface area contributed by atoms with Gasteiger partial charge in [-0.1, -0.05) is 55.3 Å². The SMILES string of the molecule is CC(C(=O)NC1CCCC1)c1ccc(-c2ccccc2)c(F)c1. The zero-order valence-corrected chi connectivity index (χ0v) is 13.4. The zero-order valence-electron chi connectivity index (χ0n) is 13.4. The highest BCUT2D eigenvalue weighted by molar-refractivity contribution is 5.83. The van der Waals surface area contributed by atoms with Crippen molar-refractivity contribution in [3.8, 4) is 11.1 Å². The summed E-state index contributed by atoms with van der Waals surface area (Å²) in [5.74, 6) is -0.632. The molecule has 0 aliphatic heterocycles. The van der Waals surface area contributed by atoms with Gasteiger partial charge in [0.15, 0.2) is 0 Å². The Bertz CT molecular complexity index is 677. The Morgan fingerprint density at radius 3 is 2.48 bits per heavy atom. The summed E-state index contributed by atoms with van der Waals surface area (Å²) in [7, 11) is 0. The molecule has 2 aromatic carbocycles. The minimum Gasteiger partial charge on any atom is -0.353 e. The van der Waals surface area contributed by atoms with Crippen molar-refractivity contribution in [2.45, 2.75) is 44.6 Å². The average molecular weight is 311 g/mol. The maximum atomic E-state index is 14.4. The molecule has 1 fully saturated rings. The van der Waals surface area contributed by atoms with Crippen LogP contribution in [0, 0.1) is 5.82 Å². The number of halogens is 1. The number of hydrogen-bond donors (Lipinski definition) is 1. The van der Waals surface area contributed by atoms with Gasteiger partial charge in [0, 0.05) is 11.6 Å². The van der Waals surface area contributed by atoms with Crippen molar-refractivity contribution in [3.63, 3.8) is 0 Å². The van der Waals surface area contributed by atoms with Gasteiger partial charge in [0.25, 0.3) is 0 Å². The second-order valence-electron chi connectivity index (χ2n) is 6.32. The summed E-state index contributed by atoms with van der Waals surface area (Å²) in [6, 6.07) is 14.8. The van der Waals surface area contributed by atoms with Crippen LogP contribution in [-0.4, -0.2) is 11.9 Å². The van der Waals surface area contributed by atoms with Gasteiger partial charge in [-0.15, -0.1) is 0 Å². The van der Waals surface area contributed by atoms with Crippen molar-refractivity contribution < 1.29 is 9.18 Å². The van der Waals surface area contributed by atoms with E-state index in [0.717, 1.165) is 24.0 Å². The Morgan fingerprint density at radius 2 is 1.83 bits per heavy atom. The zero-order chi connectivity index (χ0) is 16.2. The summed E-state index contributed by atoms with van der Waals surface area (Å²) in [6.07, 6.45) is 4.47. The van der Waals surface area contributed by atoms with E-state index >= 15 is 0 Å². The lowest BCUT2D eigenvalue weighted by Crippen LogP contribution is -2.35. The van der Waals surface area contributed by atoms with Crippen LogP contribution in [0.4, 0.5) is 4.39 Å². The highest BCUT2D eigenvalue weighted by atomic mass is 19.1.